The Kier molecular flexibility index (Phi) is 11.1. The standard InChI is InChI=1S/C32H40N4O8S/c1-5-14-42-23-17-24(43-15-9-7-6-8-13-33)19-25(18-23)44-30-21-29-28(35(2)32(38)36(29)3)20-27(30)34-45(39,40)26-12-10-11-22(16-26)31(37)41-4/h10-12,16-21,34H,5-9,13-15,33H2,1-4H3. The van der Waals surface area contributed by atoms with Crippen LogP contribution >= 0.6 is 0 Å². The molecule has 0 atom stereocenters. The maximum atomic E-state index is 13.6. The van der Waals surface area contributed by atoms with Crippen LogP contribution < -0.4 is 30.4 Å². The second kappa shape index (κ2) is 15.0. The van der Waals surface area contributed by atoms with Gasteiger partial charge >= 0.3 is 11.7 Å². The molecule has 13 heteroatoms. The molecule has 0 fully saturated rings. The molecule has 0 radical (unpaired) electrons. The van der Waals surface area contributed by atoms with E-state index in [2.05, 4.69) is 4.72 Å². The van der Waals surface area contributed by atoms with Gasteiger partial charge in [0.15, 0.2) is 5.75 Å². The van der Waals surface area contributed by atoms with Gasteiger partial charge in [-0.2, -0.15) is 0 Å². The first kappa shape index (κ1) is 33.4. The summed E-state index contributed by atoms with van der Waals surface area (Å²) in [5, 5.41) is 0. The molecule has 1 aromatic heterocycles. The SMILES string of the molecule is CCCOc1cc(OCCCCCCN)cc(Oc2cc3c(cc2NS(=O)(=O)c2cccc(C(=O)OC)c2)n(C)c(=O)n3C)c1. The zero-order valence-corrected chi connectivity index (χ0v) is 26.8. The molecule has 12 nitrogen and oxygen atoms in total. The van der Waals surface area contributed by atoms with Crippen molar-refractivity contribution in [2.24, 2.45) is 19.8 Å². The van der Waals surface area contributed by atoms with Crippen LogP contribution in [0.5, 0.6) is 23.0 Å². The Labute approximate surface area is 262 Å². The maximum Gasteiger partial charge on any atom is 0.337 e. The lowest BCUT2D eigenvalue weighted by Crippen LogP contribution is -2.19. The summed E-state index contributed by atoms with van der Waals surface area (Å²) < 4.78 is 55.5. The van der Waals surface area contributed by atoms with E-state index in [-0.39, 0.29) is 27.6 Å². The summed E-state index contributed by atoms with van der Waals surface area (Å²) in [6, 6.07) is 13.8. The number of hydrogen-bond donors (Lipinski definition) is 2. The molecule has 242 valence electrons. The number of aromatic nitrogens is 2. The van der Waals surface area contributed by atoms with Crippen molar-refractivity contribution in [3.63, 3.8) is 0 Å². The number of benzene rings is 3. The molecule has 4 rings (SSSR count). The fourth-order valence-corrected chi connectivity index (χ4v) is 5.82. The van der Waals surface area contributed by atoms with Crippen LogP contribution in [0.2, 0.25) is 0 Å². The Hall–Kier alpha value is -4.49. The molecule has 0 aliphatic heterocycles. The summed E-state index contributed by atoms with van der Waals surface area (Å²) in [6.45, 7) is 3.64. The third kappa shape index (κ3) is 8.17. The molecule has 0 bridgehead atoms. The zero-order valence-electron chi connectivity index (χ0n) is 26.0. The number of aryl methyl sites for hydroxylation is 2. The largest absolute Gasteiger partial charge is 0.493 e. The van der Waals surface area contributed by atoms with Crippen LogP contribution in [0, 0.1) is 0 Å². The predicted molar refractivity (Wildman–Crippen MR) is 172 cm³/mol. The number of esters is 1. The summed E-state index contributed by atoms with van der Waals surface area (Å²) in [4.78, 5) is 24.6. The van der Waals surface area contributed by atoms with Crippen LogP contribution in [0.3, 0.4) is 0 Å². The van der Waals surface area contributed by atoms with Crippen LogP contribution in [0.25, 0.3) is 11.0 Å². The molecule has 0 amide bonds. The average molecular weight is 641 g/mol. The molecule has 3 N–H and O–H groups in total. The van der Waals surface area contributed by atoms with Crippen LogP contribution in [0.15, 0.2) is 64.3 Å². The second-order valence-corrected chi connectivity index (χ2v) is 12.2. The number of fused-ring (bicyclic) bond motifs is 1. The number of ether oxygens (including phenoxy) is 4. The fraction of sp³-hybridized carbons (Fsp3) is 0.375. The number of imidazole rings is 1. The number of nitrogens with zero attached hydrogens (tertiary/aromatic N) is 2. The fourth-order valence-electron chi connectivity index (χ4n) is 4.71. The van der Waals surface area contributed by atoms with Gasteiger partial charge in [-0.15, -0.1) is 0 Å². The number of hydrogen-bond acceptors (Lipinski definition) is 9. The Balaban J connectivity index is 1.73. The van der Waals surface area contributed by atoms with Crippen LogP contribution in [-0.2, 0) is 28.9 Å². The Bertz CT molecular complexity index is 1810. The van der Waals surface area contributed by atoms with Gasteiger partial charge in [-0.1, -0.05) is 25.8 Å². The minimum Gasteiger partial charge on any atom is -0.493 e. The van der Waals surface area contributed by atoms with Crippen molar-refractivity contribution in [1.82, 2.24) is 9.13 Å². The van der Waals surface area contributed by atoms with Crippen LogP contribution in [-0.4, -0.2) is 50.4 Å². The van der Waals surface area contributed by atoms with E-state index in [1.54, 1.807) is 38.4 Å². The number of unbranched alkanes of at least 4 members (excludes halogenated alkanes) is 3. The normalized spacial score (nSPS) is 11.4. The van der Waals surface area contributed by atoms with E-state index in [4.69, 9.17) is 24.7 Å². The first-order valence-electron chi connectivity index (χ1n) is 14.8. The third-order valence-electron chi connectivity index (χ3n) is 7.10. The number of nitrogens with one attached hydrogen (secondary N) is 1. The number of methoxy groups -OCH3 is 1. The van der Waals surface area contributed by atoms with E-state index in [1.807, 2.05) is 6.92 Å². The summed E-state index contributed by atoms with van der Waals surface area (Å²) in [7, 11) is 0.214. The van der Waals surface area contributed by atoms with Crippen molar-refractivity contribution in [2.75, 3.05) is 31.6 Å². The van der Waals surface area contributed by atoms with Crippen LogP contribution in [0.1, 0.15) is 49.4 Å². The topological polar surface area (TPSA) is 153 Å². The molecule has 0 saturated carbocycles. The van der Waals surface area contributed by atoms with Gasteiger partial charge in [0.05, 0.1) is 47.5 Å². The first-order valence-corrected chi connectivity index (χ1v) is 16.3. The van der Waals surface area contributed by atoms with Gasteiger partial charge in [0, 0.05) is 38.4 Å². The molecule has 0 unspecified atom stereocenters. The van der Waals surface area contributed by atoms with Crippen molar-refractivity contribution in [1.29, 1.82) is 0 Å². The van der Waals surface area contributed by atoms with Crippen molar-refractivity contribution in [2.45, 2.75) is 43.9 Å². The van der Waals surface area contributed by atoms with E-state index in [0.717, 1.165) is 32.1 Å². The van der Waals surface area contributed by atoms with Crippen molar-refractivity contribution < 1.29 is 32.2 Å². The predicted octanol–water partition coefficient (Wildman–Crippen LogP) is 4.94. The summed E-state index contributed by atoms with van der Waals surface area (Å²) in [5.74, 6) is 0.872. The number of anilines is 1. The summed E-state index contributed by atoms with van der Waals surface area (Å²) in [5.41, 5.74) is 6.45. The molecular formula is C32H40N4O8S. The molecule has 0 spiro atoms. The number of sulfonamides is 1. The molecule has 0 aliphatic rings. The molecule has 45 heavy (non-hydrogen) atoms. The van der Waals surface area contributed by atoms with Gasteiger partial charge < -0.3 is 24.7 Å². The van der Waals surface area contributed by atoms with Crippen molar-refractivity contribution >= 4 is 32.7 Å². The smallest absolute Gasteiger partial charge is 0.337 e. The van der Waals surface area contributed by atoms with Crippen molar-refractivity contribution in [3.05, 3.63) is 70.6 Å². The van der Waals surface area contributed by atoms with E-state index in [1.165, 1.54) is 46.6 Å². The highest BCUT2D eigenvalue weighted by molar-refractivity contribution is 7.92. The lowest BCUT2D eigenvalue weighted by molar-refractivity contribution is 0.0600. The third-order valence-corrected chi connectivity index (χ3v) is 8.47. The second-order valence-electron chi connectivity index (χ2n) is 10.5. The van der Waals surface area contributed by atoms with Gasteiger partial charge in [0.2, 0.25) is 0 Å². The highest BCUT2D eigenvalue weighted by Gasteiger charge is 2.22. The molecule has 3 aromatic carbocycles. The molecular weight excluding hydrogens is 600 g/mol. The lowest BCUT2D eigenvalue weighted by Gasteiger charge is -2.17. The lowest BCUT2D eigenvalue weighted by atomic mass is 10.2. The van der Waals surface area contributed by atoms with E-state index >= 15 is 0 Å². The number of carbonyl (C=O) groups is 1. The van der Waals surface area contributed by atoms with Gasteiger partial charge in [-0.25, -0.2) is 18.0 Å². The molecule has 1 heterocycles. The highest BCUT2D eigenvalue weighted by atomic mass is 32.2. The number of carbonyl (C=O) groups excluding carboxylic acids is 1. The van der Waals surface area contributed by atoms with Gasteiger partial charge in [-0.3, -0.25) is 13.9 Å². The van der Waals surface area contributed by atoms with Crippen LogP contribution in [0.4, 0.5) is 5.69 Å². The number of rotatable bonds is 16. The molecule has 4 aromatic rings. The van der Waals surface area contributed by atoms with Gasteiger partial charge in [0.1, 0.15) is 17.2 Å². The van der Waals surface area contributed by atoms with E-state index in [9.17, 15) is 18.0 Å². The maximum absolute atomic E-state index is 13.6. The summed E-state index contributed by atoms with van der Waals surface area (Å²) in [6.07, 6.45) is 4.65. The molecule has 0 aliphatic carbocycles. The van der Waals surface area contributed by atoms with Crippen molar-refractivity contribution in [3.8, 4) is 23.0 Å². The minimum absolute atomic E-state index is 0.0774. The average Bonchev–Trinajstić information content (AvgIpc) is 3.24. The quantitative estimate of drug-likeness (QED) is 0.128. The summed E-state index contributed by atoms with van der Waals surface area (Å²) >= 11 is 0. The van der Waals surface area contributed by atoms with Gasteiger partial charge in [0.25, 0.3) is 10.0 Å². The Morgan fingerprint density at radius 3 is 2.18 bits per heavy atom. The monoisotopic (exact) mass is 640 g/mol. The Morgan fingerprint density at radius 2 is 1.51 bits per heavy atom. The number of nitrogens with two attached hydrogens (primary N) is 1. The van der Waals surface area contributed by atoms with E-state index < -0.39 is 16.0 Å². The van der Waals surface area contributed by atoms with Gasteiger partial charge in [-0.05, 0) is 50.1 Å². The zero-order chi connectivity index (χ0) is 32.6. The Morgan fingerprint density at radius 1 is 0.867 bits per heavy atom. The minimum atomic E-state index is -4.22. The first-order chi connectivity index (χ1) is 21.6. The highest BCUT2D eigenvalue weighted by Crippen LogP contribution is 2.38. The van der Waals surface area contributed by atoms with E-state index in [0.29, 0.717) is 48.0 Å². The molecule has 0 saturated heterocycles.